The van der Waals surface area contributed by atoms with Gasteiger partial charge in [0.15, 0.2) is 0 Å². The van der Waals surface area contributed by atoms with Gasteiger partial charge in [0.25, 0.3) is 0 Å². The third-order valence-corrected chi connectivity index (χ3v) is 4.18. The molecule has 1 aromatic heterocycles. The molecule has 0 radical (unpaired) electrons. The van der Waals surface area contributed by atoms with Crippen LogP contribution in [0, 0.1) is 12.7 Å². The van der Waals surface area contributed by atoms with Gasteiger partial charge in [-0.25, -0.2) is 9.37 Å². The minimum absolute atomic E-state index is 0.253. The molecule has 1 heterocycles. The molecule has 0 aliphatic heterocycles. The molecular weight excluding hydrogens is 309 g/mol. The molecular formula is C18H16FN3S. The lowest BCUT2D eigenvalue weighted by molar-refractivity contribution is 0.628. The number of anilines is 1. The normalized spacial score (nSPS) is 11.5. The number of hydrogen-bond acceptors (Lipinski definition) is 4. The first-order valence-corrected chi connectivity index (χ1v) is 8.08. The van der Waals surface area contributed by atoms with E-state index in [4.69, 9.17) is 0 Å². The van der Waals surface area contributed by atoms with Crippen LogP contribution in [0.1, 0.15) is 18.1 Å². The summed E-state index contributed by atoms with van der Waals surface area (Å²) in [5.41, 5.74) is 7.84. The zero-order chi connectivity index (χ0) is 16.2. The van der Waals surface area contributed by atoms with Crippen LogP contribution in [-0.4, -0.2) is 10.7 Å². The number of aromatic nitrogens is 1. The maximum absolute atomic E-state index is 12.9. The number of hydrazone groups is 1. The van der Waals surface area contributed by atoms with Crippen molar-refractivity contribution in [2.75, 3.05) is 5.43 Å². The van der Waals surface area contributed by atoms with Gasteiger partial charge in [-0.15, -0.1) is 11.3 Å². The second kappa shape index (κ2) is 6.71. The Balaban J connectivity index is 1.72. The molecule has 5 heteroatoms. The highest BCUT2D eigenvalue weighted by molar-refractivity contribution is 7.14. The molecule has 3 aromatic rings. The molecule has 2 aromatic carbocycles. The molecule has 23 heavy (non-hydrogen) atoms. The van der Waals surface area contributed by atoms with Crippen molar-refractivity contribution in [1.29, 1.82) is 0 Å². The average Bonchev–Trinajstić information content (AvgIpc) is 3.03. The van der Waals surface area contributed by atoms with E-state index in [9.17, 15) is 4.39 Å². The molecule has 0 fully saturated rings. The van der Waals surface area contributed by atoms with Crippen LogP contribution in [0.5, 0.6) is 0 Å². The Morgan fingerprint density at radius 2 is 1.78 bits per heavy atom. The van der Waals surface area contributed by atoms with Crippen LogP contribution < -0.4 is 5.43 Å². The van der Waals surface area contributed by atoms with Crippen LogP contribution in [0.2, 0.25) is 0 Å². The van der Waals surface area contributed by atoms with Gasteiger partial charge in [0.1, 0.15) is 5.82 Å². The van der Waals surface area contributed by atoms with Gasteiger partial charge in [-0.05, 0) is 31.5 Å². The molecule has 0 amide bonds. The largest absolute Gasteiger partial charge is 0.252 e. The van der Waals surface area contributed by atoms with Crippen molar-refractivity contribution in [3.8, 4) is 11.3 Å². The molecule has 3 rings (SSSR count). The lowest BCUT2D eigenvalue weighted by Crippen LogP contribution is -1.99. The Bertz CT molecular complexity index is 820. The van der Waals surface area contributed by atoms with Crippen LogP contribution in [0.3, 0.4) is 0 Å². The second-order valence-electron chi connectivity index (χ2n) is 5.22. The van der Waals surface area contributed by atoms with E-state index < -0.39 is 0 Å². The molecule has 1 N–H and O–H groups in total. The molecule has 0 saturated carbocycles. The summed E-state index contributed by atoms with van der Waals surface area (Å²) in [6.07, 6.45) is 0. The van der Waals surface area contributed by atoms with Crippen molar-refractivity contribution in [1.82, 2.24) is 4.98 Å². The topological polar surface area (TPSA) is 37.3 Å². The van der Waals surface area contributed by atoms with Crippen LogP contribution in [-0.2, 0) is 0 Å². The first-order valence-electron chi connectivity index (χ1n) is 7.20. The summed E-state index contributed by atoms with van der Waals surface area (Å²) in [5, 5.41) is 7.03. The molecule has 0 unspecified atom stereocenters. The predicted molar refractivity (Wildman–Crippen MR) is 94.5 cm³/mol. The van der Waals surface area contributed by atoms with Gasteiger partial charge < -0.3 is 0 Å². The Hall–Kier alpha value is -2.53. The third-order valence-electron chi connectivity index (χ3n) is 3.43. The highest BCUT2D eigenvalue weighted by atomic mass is 32.1. The van der Waals surface area contributed by atoms with Crippen molar-refractivity contribution in [3.63, 3.8) is 0 Å². The minimum atomic E-state index is -0.253. The van der Waals surface area contributed by atoms with E-state index in [1.165, 1.54) is 29.0 Å². The molecule has 0 bridgehead atoms. The number of rotatable bonds is 4. The SMILES string of the molecule is C/C(=N/Nc1nc(-c2ccc(C)cc2)cs1)c1ccc(F)cc1. The molecule has 3 nitrogen and oxygen atoms in total. The maximum Gasteiger partial charge on any atom is 0.203 e. The monoisotopic (exact) mass is 325 g/mol. The summed E-state index contributed by atoms with van der Waals surface area (Å²) in [6.45, 7) is 3.93. The standard InChI is InChI=1S/C18H16FN3S/c1-12-3-5-15(6-4-12)17-11-23-18(20-17)22-21-13(2)14-7-9-16(19)10-8-14/h3-11H,1-2H3,(H,20,22)/b21-13-. The second-order valence-corrected chi connectivity index (χ2v) is 6.08. The molecule has 0 atom stereocenters. The van der Waals surface area contributed by atoms with Crippen LogP contribution in [0.25, 0.3) is 11.3 Å². The lowest BCUT2D eigenvalue weighted by atomic mass is 10.1. The highest BCUT2D eigenvalue weighted by Gasteiger charge is 2.04. The molecule has 0 aliphatic rings. The first-order chi connectivity index (χ1) is 11.1. The first kappa shape index (κ1) is 15.4. The van der Waals surface area contributed by atoms with Gasteiger partial charge in [-0.2, -0.15) is 5.10 Å². The van der Waals surface area contributed by atoms with E-state index in [1.807, 2.05) is 12.3 Å². The number of aryl methyl sites for hydroxylation is 1. The van der Waals surface area contributed by atoms with Gasteiger partial charge in [-0.1, -0.05) is 42.0 Å². The van der Waals surface area contributed by atoms with Gasteiger partial charge in [0.05, 0.1) is 11.4 Å². The number of hydrogen-bond donors (Lipinski definition) is 1. The van der Waals surface area contributed by atoms with E-state index in [0.717, 1.165) is 27.7 Å². The Labute approximate surface area is 138 Å². The van der Waals surface area contributed by atoms with E-state index in [-0.39, 0.29) is 5.82 Å². The molecule has 116 valence electrons. The van der Waals surface area contributed by atoms with Crippen LogP contribution in [0.15, 0.2) is 59.0 Å². The number of halogens is 1. The summed E-state index contributed by atoms with van der Waals surface area (Å²) in [7, 11) is 0. The molecule has 0 saturated heterocycles. The third kappa shape index (κ3) is 3.81. The zero-order valence-corrected chi connectivity index (χ0v) is 13.7. The van der Waals surface area contributed by atoms with E-state index in [2.05, 4.69) is 46.7 Å². The number of nitrogens with one attached hydrogen (secondary N) is 1. The summed E-state index contributed by atoms with van der Waals surface area (Å²) in [6, 6.07) is 14.5. The molecule has 0 spiro atoms. The number of benzene rings is 2. The van der Waals surface area contributed by atoms with Crippen LogP contribution in [0.4, 0.5) is 9.52 Å². The van der Waals surface area contributed by atoms with Crippen molar-refractivity contribution in [2.45, 2.75) is 13.8 Å². The molecule has 0 aliphatic carbocycles. The van der Waals surface area contributed by atoms with Crippen molar-refractivity contribution < 1.29 is 4.39 Å². The predicted octanol–water partition coefficient (Wildman–Crippen LogP) is 5.09. The average molecular weight is 325 g/mol. The smallest absolute Gasteiger partial charge is 0.203 e. The summed E-state index contributed by atoms with van der Waals surface area (Å²) >= 11 is 1.50. The summed E-state index contributed by atoms with van der Waals surface area (Å²) < 4.78 is 12.9. The van der Waals surface area contributed by atoms with Crippen molar-refractivity contribution in [2.24, 2.45) is 5.10 Å². The van der Waals surface area contributed by atoms with Crippen molar-refractivity contribution >= 4 is 22.2 Å². The Kier molecular flexibility index (Phi) is 4.48. The van der Waals surface area contributed by atoms with E-state index >= 15 is 0 Å². The summed E-state index contributed by atoms with van der Waals surface area (Å²) in [4.78, 5) is 4.53. The fourth-order valence-electron chi connectivity index (χ4n) is 2.07. The fraction of sp³-hybridized carbons (Fsp3) is 0.111. The van der Waals surface area contributed by atoms with E-state index in [1.54, 1.807) is 12.1 Å². The highest BCUT2D eigenvalue weighted by Crippen LogP contribution is 2.25. The Morgan fingerprint density at radius 3 is 2.48 bits per heavy atom. The number of thiazole rings is 1. The number of nitrogens with zero attached hydrogens (tertiary/aromatic N) is 2. The van der Waals surface area contributed by atoms with Gasteiger partial charge in [0, 0.05) is 10.9 Å². The zero-order valence-electron chi connectivity index (χ0n) is 12.9. The summed E-state index contributed by atoms with van der Waals surface area (Å²) in [5.74, 6) is -0.253. The minimum Gasteiger partial charge on any atom is -0.252 e. The lowest BCUT2D eigenvalue weighted by Gasteiger charge is -2.01. The van der Waals surface area contributed by atoms with Gasteiger partial charge in [-0.3, -0.25) is 5.43 Å². The Morgan fingerprint density at radius 1 is 1.09 bits per heavy atom. The fourth-order valence-corrected chi connectivity index (χ4v) is 2.73. The maximum atomic E-state index is 12.9. The quantitative estimate of drug-likeness (QED) is 0.535. The van der Waals surface area contributed by atoms with Crippen LogP contribution >= 0.6 is 11.3 Å². The van der Waals surface area contributed by atoms with E-state index in [0.29, 0.717) is 0 Å². The van der Waals surface area contributed by atoms with Gasteiger partial charge >= 0.3 is 0 Å². The van der Waals surface area contributed by atoms with Gasteiger partial charge in [0.2, 0.25) is 5.13 Å². The van der Waals surface area contributed by atoms with Crippen molar-refractivity contribution in [3.05, 3.63) is 70.9 Å².